The van der Waals surface area contributed by atoms with Crippen molar-refractivity contribution in [1.82, 2.24) is 25.3 Å². The van der Waals surface area contributed by atoms with Crippen molar-refractivity contribution in [2.75, 3.05) is 13.1 Å². The van der Waals surface area contributed by atoms with Gasteiger partial charge in [-0.3, -0.25) is 19.1 Å². The third-order valence-electron chi connectivity index (χ3n) is 4.86. The lowest BCUT2D eigenvalue weighted by molar-refractivity contribution is -0.121. The average molecular weight is 412 g/mol. The Hall–Kier alpha value is -3.16. The molecule has 2 aromatic rings. The Balaban J connectivity index is 1.64. The molecule has 0 bridgehead atoms. The maximum atomic E-state index is 13.0. The summed E-state index contributed by atoms with van der Waals surface area (Å²) in [5.41, 5.74) is 2.85. The van der Waals surface area contributed by atoms with Crippen LogP contribution < -0.4 is 10.6 Å². The highest BCUT2D eigenvalue weighted by atomic mass is 16.2. The normalized spacial score (nSPS) is 13.7. The minimum absolute atomic E-state index is 0.0609. The van der Waals surface area contributed by atoms with E-state index in [4.69, 9.17) is 0 Å². The van der Waals surface area contributed by atoms with E-state index in [0.717, 1.165) is 17.5 Å². The predicted molar refractivity (Wildman–Crippen MR) is 113 cm³/mol. The molecule has 30 heavy (non-hydrogen) atoms. The summed E-state index contributed by atoms with van der Waals surface area (Å²) in [6.07, 6.45) is 0.962. The Bertz CT molecular complexity index is 935. The van der Waals surface area contributed by atoms with Crippen LogP contribution in [0, 0.1) is 6.92 Å². The highest BCUT2D eigenvalue weighted by Gasteiger charge is 2.26. The third-order valence-corrected chi connectivity index (χ3v) is 4.86. The minimum Gasteiger partial charge on any atom is -0.354 e. The van der Waals surface area contributed by atoms with Gasteiger partial charge in [0.25, 0.3) is 11.8 Å². The first-order chi connectivity index (χ1) is 14.3. The fraction of sp³-hybridized carbons (Fsp3) is 0.455. The fourth-order valence-corrected chi connectivity index (χ4v) is 3.50. The van der Waals surface area contributed by atoms with E-state index >= 15 is 0 Å². The van der Waals surface area contributed by atoms with Crippen molar-refractivity contribution < 1.29 is 14.4 Å². The van der Waals surface area contributed by atoms with Crippen molar-refractivity contribution in [2.24, 2.45) is 0 Å². The molecule has 8 nitrogen and oxygen atoms in total. The van der Waals surface area contributed by atoms with E-state index in [0.29, 0.717) is 25.3 Å². The van der Waals surface area contributed by atoms with Gasteiger partial charge in [-0.15, -0.1) is 0 Å². The van der Waals surface area contributed by atoms with Gasteiger partial charge in [-0.1, -0.05) is 29.8 Å². The molecule has 1 aromatic heterocycles. The second-order valence-electron chi connectivity index (χ2n) is 7.94. The number of hydrogen-bond acceptors (Lipinski definition) is 4. The van der Waals surface area contributed by atoms with Crippen LogP contribution in [0.25, 0.3) is 0 Å². The molecule has 160 valence electrons. The molecule has 0 spiro atoms. The van der Waals surface area contributed by atoms with E-state index in [9.17, 15) is 14.4 Å². The van der Waals surface area contributed by atoms with Gasteiger partial charge < -0.3 is 15.5 Å². The van der Waals surface area contributed by atoms with Crippen molar-refractivity contribution in [2.45, 2.75) is 52.7 Å². The van der Waals surface area contributed by atoms with Gasteiger partial charge in [0.2, 0.25) is 5.91 Å². The number of benzene rings is 1. The second kappa shape index (κ2) is 9.56. The van der Waals surface area contributed by atoms with Crippen LogP contribution >= 0.6 is 0 Å². The molecule has 0 unspecified atom stereocenters. The van der Waals surface area contributed by atoms with Crippen molar-refractivity contribution in [1.29, 1.82) is 0 Å². The van der Waals surface area contributed by atoms with E-state index in [1.165, 1.54) is 0 Å². The number of rotatable bonds is 7. The van der Waals surface area contributed by atoms with E-state index < -0.39 is 0 Å². The molecular formula is C22H29N5O3. The number of fused-ring (bicyclic) bond motifs is 1. The molecule has 0 fully saturated rings. The molecule has 2 N–H and O–H groups in total. The summed E-state index contributed by atoms with van der Waals surface area (Å²) in [6, 6.07) is 9.70. The SMILES string of the molecule is Cc1cccc(CN2CCCn3nc(C(=O)NCCC(=O)NC(C)C)cc3C2=O)c1. The van der Waals surface area contributed by atoms with Crippen molar-refractivity contribution in [3.05, 3.63) is 52.8 Å². The highest BCUT2D eigenvalue weighted by Crippen LogP contribution is 2.17. The molecule has 1 aliphatic heterocycles. The Morgan fingerprint density at radius 3 is 2.73 bits per heavy atom. The summed E-state index contributed by atoms with van der Waals surface area (Å²) in [5, 5.41) is 9.80. The van der Waals surface area contributed by atoms with Crippen molar-refractivity contribution in [3.8, 4) is 0 Å². The second-order valence-corrected chi connectivity index (χ2v) is 7.94. The molecule has 3 rings (SSSR count). The van der Waals surface area contributed by atoms with Crippen LogP contribution in [0.1, 0.15) is 58.8 Å². The quantitative estimate of drug-likeness (QED) is 0.727. The van der Waals surface area contributed by atoms with Gasteiger partial charge in [-0.25, -0.2) is 0 Å². The lowest BCUT2D eigenvalue weighted by atomic mass is 10.1. The summed E-state index contributed by atoms with van der Waals surface area (Å²) in [7, 11) is 0. The summed E-state index contributed by atoms with van der Waals surface area (Å²) < 4.78 is 1.61. The molecule has 0 radical (unpaired) electrons. The molecule has 8 heteroatoms. The lowest BCUT2D eigenvalue weighted by Gasteiger charge is -2.20. The molecular weight excluding hydrogens is 382 g/mol. The number of nitrogens with one attached hydrogen (secondary N) is 2. The highest BCUT2D eigenvalue weighted by molar-refractivity contribution is 5.98. The molecule has 0 aliphatic carbocycles. The lowest BCUT2D eigenvalue weighted by Crippen LogP contribution is -2.34. The van der Waals surface area contributed by atoms with Crippen LogP contribution in [0.5, 0.6) is 0 Å². The Morgan fingerprint density at radius 1 is 1.20 bits per heavy atom. The van der Waals surface area contributed by atoms with Gasteiger partial charge in [0.1, 0.15) is 5.69 Å². The van der Waals surface area contributed by atoms with Crippen LogP contribution in [0.2, 0.25) is 0 Å². The fourth-order valence-electron chi connectivity index (χ4n) is 3.50. The van der Waals surface area contributed by atoms with Crippen molar-refractivity contribution in [3.63, 3.8) is 0 Å². The van der Waals surface area contributed by atoms with Gasteiger partial charge in [-0.2, -0.15) is 5.10 Å². The molecule has 1 aromatic carbocycles. The molecule has 1 aliphatic rings. The number of aromatic nitrogens is 2. The van der Waals surface area contributed by atoms with E-state index in [2.05, 4.69) is 21.8 Å². The topological polar surface area (TPSA) is 96.3 Å². The Kier molecular flexibility index (Phi) is 6.87. The van der Waals surface area contributed by atoms with Crippen LogP contribution in [0.15, 0.2) is 30.3 Å². The summed E-state index contributed by atoms with van der Waals surface area (Å²) in [6.45, 7) is 7.76. The van der Waals surface area contributed by atoms with Crippen LogP contribution in [0.3, 0.4) is 0 Å². The Morgan fingerprint density at radius 2 is 2.00 bits per heavy atom. The zero-order valence-corrected chi connectivity index (χ0v) is 17.8. The molecule has 0 saturated carbocycles. The van der Waals surface area contributed by atoms with Gasteiger partial charge >= 0.3 is 0 Å². The number of amides is 3. The average Bonchev–Trinajstić information content (AvgIpc) is 3.04. The molecule has 0 saturated heterocycles. The number of carbonyl (C=O) groups excluding carboxylic acids is 3. The van der Waals surface area contributed by atoms with Gasteiger partial charge in [0.05, 0.1) is 0 Å². The Labute approximate surface area is 176 Å². The first-order valence-corrected chi connectivity index (χ1v) is 10.3. The monoisotopic (exact) mass is 411 g/mol. The van der Waals surface area contributed by atoms with Crippen molar-refractivity contribution >= 4 is 17.7 Å². The largest absolute Gasteiger partial charge is 0.354 e. The predicted octanol–water partition coefficient (Wildman–Crippen LogP) is 1.88. The van der Waals surface area contributed by atoms with E-state index in [1.54, 1.807) is 15.6 Å². The first kappa shape index (κ1) is 21.5. The summed E-state index contributed by atoms with van der Waals surface area (Å²) in [5.74, 6) is -0.629. The smallest absolute Gasteiger partial charge is 0.272 e. The van der Waals surface area contributed by atoms with Crippen LogP contribution in [0.4, 0.5) is 0 Å². The number of nitrogens with zero attached hydrogens (tertiary/aromatic N) is 3. The molecule has 3 amide bonds. The number of carbonyl (C=O) groups is 3. The third kappa shape index (κ3) is 5.46. The molecule has 0 atom stereocenters. The molecule has 2 heterocycles. The summed E-state index contributed by atoms with van der Waals surface area (Å²) >= 11 is 0. The maximum Gasteiger partial charge on any atom is 0.272 e. The van der Waals surface area contributed by atoms with E-state index in [1.807, 2.05) is 39.0 Å². The number of aryl methyl sites for hydroxylation is 2. The zero-order valence-electron chi connectivity index (χ0n) is 17.8. The van der Waals surface area contributed by atoms with Gasteiger partial charge in [0.15, 0.2) is 5.69 Å². The standard InChI is InChI=1S/C22H29N5O3/c1-15(2)24-20(28)8-9-23-21(29)18-13-19-22(30)26(10-5-11-27(19)25-18)14-17-7-4-6-16(3)12-17/h4,6-7,12-13,15H,5,8-11,14H2,1-3H3,(H,23,29)(H,24,28). The van der Waals surface area contributed by atoms with Crippen LogP contribution in [-0.4, -0.2) is 51.5 Å². The first-order valence-electron chi connectivity index (χ1n) is 10.3. The number of hydrogen-bond donors (Lipinski definition) is 2. The maximum absolute atomic E-state index is 13.0. The zero-order chi connectivity index (χ0) is 21.7. The van der Waals surface area contributed by atoms with Crippen LogP contribution in [-0.2, 0) is 17.9 Å². The van der Waals surface area contributed by atoms with Gasteiger partial charge in [-0.05, 0) is 32.8 Å². The summed E-state index contributed by atoms with van der Waals surface area (Å²) in [4.78, 5) is 39.0. The minimum atomic E-state index is -0.383. The van der Waals surface area contributed by atoms with E-state index in [-0.39, 0.29) is 42.4 Å². The van der Waals surface area contributed by atoms with Gasteiger partial charge in [0, 0.05) is 44.7 Å².